The van der Waals surface area contributed by atoms with Crippen molar-refractivity contribution in [1.82, 2.24) is 15.1 Å². The molecule has 0 atom stereocenters. The van der Waals surface area contributed by atoms with Crippen molar-refractivity contribution in [3.63, 3.8) is 0 Å². The van der Waals surface area contributed by atoms with Crippen molar-refractivity contribution in [2.75, 3.05) is 38.7 Å². The van der Waals surface area contributed by atoms with E-state index in [1.54, 1.807) is 11.3 Å². The molecule has 0 bridgehead atoms. The lowest BCUT2D eigenvalue weighted by molar-refractivity contribution is 0.140. The SMILES string of the molecule is CNc1nnc(CN2CCCOCC2)s1. The van der Waals surface area contributed by atoms with E-state index in [1.165, 1.54) is 0 Å². The molecule has 6 heteroatoms. The summed E-state index contributed by atoms with van der Waals surface area (Å²) in [5.74, 6) is 0. The number of nitrogens with zero attached hydrogens (tertiary/aromatic N) is 3. The molecular weight excluding hydrogens is 212 g/mol. The van der Waals surface area contributed by atoms with E-state index >= 15 is 0 Å². The highest BCUT2D eigenvalue weighted by molar-refractivity contribution is 7.15. The van der Waals surface area contributed by atoms with Gasteiger partial charge in [0.15, 0.2) is 0 Å². The van der Waals surface area contributed by atoms with Crippen LogP contribution in [-0.2, 0) is 11.3 Å². The van der Waals surface area contributed by atoms with Crippen molar-refractivity contribution in [2.24, 2.45) is 0 Å². The molecule has 1 aliphatic heterocycles. The van der Waals surface area contributed by atoms with Crippen LogP contribution in [-0.4, -0.2) is 48.4 Å². The van der Waals surface area contributed by atoms with Crippen molar-refractivity contribution >= 4 is 16.5 Å². The average molecular weight is 228 g/mol. The summed E-state index contributed by atoms with van der Waals surface area (Å²) in [5.41, 5.74) is 0. The predicted octanol–water partition coefficient (Wildman–Crippen LogP) is 0.802. The molecule has 1 N–H and O–H groups in total. The summed E-state index contributed by atoms with van der Waals surface area (Å²) in [5, 5.41) is 13.1. The standard InChI is InChI=1S/C9H16N4OS/c1-10-9-12-11-8(15-9)7-13-3-2-5-14-6-4-13/h2-7H2,1H3,(H,10,12). The highest BCUT2D eigenvalue weighted by Gasteiger charge is 2.12. The quantitative estimate of drug-likeness (QED) is 0.829. The topological polar surface area (TPSA) is 50.3 Å². The van der Waals surface area contributed by atoms with Gasteiger partial charge in [0.1, 0.15) is 5.01 Å². The van der Waals surface area contributed by atoms with E-state index in [-0.39, 0.29) is 0 Å². The number of ether oxygens (including phenoxy) is 1. The van der Waals surface area contributed by atoms with E-state index in [9.17, 15) is 0 Å². The maximum absolute atomic E-state index is 5.40. The third kappa shape index (κ3) is 3.12. The van der Waals surface area contributed by atoms with Gasteiger partial charge in [0.05, 0.1) is 13.2 Å². The summed E-state index contributed by atoms with van der Waals surface area (Å²) in [6.07, 6.45) is 1.11. The zero-order valence-electron chi connectivity index (χ0n) is 8.90. The Morgan fingerprint density at radius 3 is 3.13 bits per heavy atom. The van der Waals surface area contributed by atoms with Crippen LogP contribution < -0.4 is 5.32 Å². The molecule has 1 aromatic rings. The number of hydrogen-bond donors (Lipinski definition) is 1. The maximum atomic E-state index is 5.40. The summed E-state index contributed by atoms with van der Waals surface area (Å²) in [4.78, 5) is 2.37. The Morgan fingerprint density at radius 1 is 1.40 bits per heavy atom. The van der Waals surface area contributed by atoms with Gasteiger partial charge >= 0.3 is 0 Å². The third-order valence-corrected chi connectivity index (χ3v) is 3.28. The molecule has 5 nitrogen and oxygen atoms in total. The molecule has 84 valence electrons. The van der Waals surface area contributed by atoms with Gasteiger partial charge in [-0.25, -0.2) is 0 Å². The van der Waals surface area contributed by atoms with Crippen LogP contribution in [0.2, 0.25) is 0 Å². The van der Waals surface area contributed by atoms with Gasteiger partial charge in [-0.1, -0.05) is 11.3 Å². The predicted molar refractivity (Wildman–Crippen MR) is 60.2 cm³/mol. The highest BCUT2D eigenvalue weighted by Crippen LogP contribution is 2.16. The summed E-state index contributed by atoms with van der Waals surface area (Å²) in [6.45, 7) is 4.69. The molecular formula is C9H16N4OS. The first-order valence-corrected chi connectivity index (χ1v) is 6.00. The zero-order chi connectivity index (χ0) is 10.5. The van der Waals surface area contributed by atoms with Crippen LogP contribution in [0.4, 0.5) is 5.13 Å². The monoisotopic (exact) mass is 228 g/mol. The summed E-state index contributed by atoms with van der Waals surface area (Å²) in [6, 6.07) is 0. The normalized spacial score (nSPS) is 18.7. The fourth-order valence-electron chi connectivity index (χ4n) is 1.57. The Balaban J connectivity index is 1.89. The van der Waals surface area contributed by atoms with Crippen molar-refractivity contribution in [3.8, 4) is 0 Å². The van der Waals surface area contributed by atoms with E-state index in [2.05, 4.69) is 20.4 Å². The largest absolute Gasteiger partial charge is 0.380 e. The van der Waals surface area contributed by atoms with Crippen LogP contribution in [0.3, 0.4) is 0 Å². The van der Waals surface area contributed by atoms with Crippen molar-refractivity contribution in [1.29, 1.82) is 0 Å². The Hall–Kier alpha value is -0.720. The molecule has 0 spiro atoms. The number of rotatable bonds is 3. The van der Waals surface area contributed by atoms with Gasteiger partial charge in [-0.2, -0.15) is 0 Å². The number of anilines is 1. The Labute approximate surface area is 93.5 Å². The van der Waals surface area contributed by atoms with E-state index in [0.717, 1.165) is 49.4 Å². The lowest BCUT2D eigenvalue weighted by Gasteiger charge is -2.16. The molecule has 2 heterocycles. The second kappa shape index (κ2) is 5.39. The van der Waals surface area contributed by atoms with Crippen molar-refractivity contribution in [3.05, 3.63) is 5.01 Å². The van der Waals surface area contributed by atoms with E-state index in [4.69, 9.17) is 4.74 Å². The molecule has 1 fully saturated rings. The number of hydrogen-bond acceptors (Lipinski definition) is 6. The summed E-state index contributed by atoms with van der Waals surface area (Å²) < 4.78 is 5.40. The summed E-state index contributed by atoms with van der Waals surface area (Å²) >= 11 is 1.62. The second-order valence-electron chi connectivity index (χ2n) is 3.49. The van der Waals surface area contributed by atoms with Crippen LogP contribution in [0.1, 0.15) is 11.4 Å². The smallest absolute Gasteiger partial charge is 0.205 e. The van der Waals surface area contributed by atoms with Gasteiger partial charge in [-0.05, 0) is 6.42 Å². The molecule has 0 amide bonds. The van der Waals surface area contributed by atoms with Crippen LogP contribution >= 0.6 is 11.3 Å². The van der Waals surface area contributed by atoms with Crippen molar-refractivity contribution < 1.29 is 4.74 Å². The fraction of sp³-hybridized carbons (Fsp3) is 0.778. The third-order valence-electron chi connectivity index (χ3n) is 2.35. The van der Waals surface area contributed by atoms with Crippen LogP contribution in [0.15, 0.2) is 0 Å². The molecule has 1 saturated heterocycles. The minimum atomic E-state index is 0.831. The van der Waals surface area contributed by atoms with Gasteiger partial charge in [-0.3, -0.25) is 4.90 Å². The lowest BCUT2D eigenvalue weighted by Crippen LogP contribution is -2.25. The maximum Gasteiger partial charge on any atom is 0.205 e. The fourth-order valence-corrected chi connectivity index (χ4v) is 2.30. The molecule has 0 aliphatic carbocycles. The van der Waals surface area contributed by atoms with Gasteiger partial charge in [0, 0.05) is 26.7 Å². The van der Waals surface area contributed by atoms with Gasteiger partial charge in [-0.15, -0.1) is 10.2 Å². The Bertz CT molecular complexity index is 296. The minimum Gasteiger partial charge on any atom is -0.380 e. The number of nitrogens with one attached hydrogen (secondary N) is 1. The van der Waals surface area contributed by atoms with Crippen LogP contribution in [0, 0.1) is 0 Å². The molecule has 2 rings (SSSR count). The van der Waals surface area contributed by atoms with E-state index in [1.807, 2.05) is 7.05 Å². The second-order valence-corrected chi connectivity index (χ2v) is 4.56. The van der Waals surface area contributed by atoms with Crippen LogP contribution in [0.5, 0.6) is 0 Å². The first kappa shape index (κ1) is 10.8. The van der Waals surface area contributed by atoms with E-state index < -0.39 is 0 Å². The van der Waals surface area contributed by atoms with Crippen molar-refractivity contribution in [2.45, 2.75) is 13.0 Å². The molecule has 0 unspecified atom stereocenters. The Morgan fingerprint density at radius 2 is 2.33 bits per heavy atom. The first-order chi connectivity index (χ1) is 7.38. The lowest BCUT2D eigenvalue weighted by atomic mass is 10.4. The molecule has 0 radical (unpaired) electrons. The molecule has 0 saturated carbocycles. The minimum absolute atomic E-state index is 0.831. The molecule has 1 aromatic heterocycles. The Kier molecular flexibility index (Phi) is 3.87. The molecule has 1 aliphatic rings. The highest BCUT2D eigenvalue weighted by atomic mass is 32.1. The average Bonchev–Trinajstić information content (AvgIpc) is 2.54. The van der Waals surface area contributed by atoms with Gasteiger partial charge in [0.2, 0.25) is 5.13 Å². The zero-order valence-corrected chi connectivity index (χ0v) is 9.72. The summed E-state index contributed by atoms with van der Waals surface area (Å²) in [7, 11) is 1.87. The van der Waals surface area contributed by atoms with E-state index in [0.29, 0.717) is 0 Å². The van der Waals surface area contributed by atoms with Gasteiger partial charge in [0.25, 0.3) is 0 Å². The number of aromatic nitrogens is 2. The first-order valence-electron chi connectivity index (χ1n) is 5.19. The molecule has 15 heavy (non-hydrogen) atoms. The van der Waals surface area contributed by atoms with Gasteiger partial charge < -0.3 is 10.1 Å². The van der Waals surface area contributed by atoms with Crippen LogP contribution in [0.25, 0.3) is 0 Å². The molecule has 0 aromatic carbocycles.